The molecule has 0 bridgehead atoms. The zero-order valence-corrected chi connectivity index (χ0v) is 75.2. The number of benzene rings is 5. The number of alkyl halides is 3. The third kappa shape index (κ3) is 21.5. The van der Waals surface area contributed by atoms with Gasteiger partial charge in [-0.25, -0.2) is 41.3 Å². The number of hydrogen-bond donors (Lipinski definition) is 4. The standard InChI is InChI=1S/C26H21F2N5O2.2C25H20F2N6O2.C25H22N6O3/c1-33(14-18-12-30-23(10-27)22-13-31-32-25(18)22)26(34)16-2-5-21(24(9-16)35-20-3-4-20)17-6-15(11-29)7-19(28)8-17;1-33(13-17-11-29-21(8-26)20-12-31-32-23(17)20)25(34)16-7-22(35-19-2-3-19)24(30-10-16)15-4-14(9-28)5-18(27)6-15;1-33(13-16-11-29-22(9-26)20-12-30-32-23(16)20)25(34)21-5-4-19(24(31-21)35-18-2-3-18)15-6-14(10-28)7-17(27)8-15;1-31(14-20-22-17(13-28-30-22)12-27-23(20)33-2)25(32)21-9-8-19(24(29-21)34-18-6-7-18)16-5-3-4-15(10-16)11-26/h2,5-9,12-13,20H,3-4,10,14H2,1H3,(H,31,32);4-7,10-12,19H,2-3,8,13H2,1H3,(H,31,32);4-8,11-12,18H,2-3,9,13H2,1H3,(H,30,32);3-5,8-10,12-13,18H,6-7,14H2,1-2H3,(H,28,30). The number of hydrogen-bond acceptors (Lipinski definition) is 24. The number of fused-ring (bicyclic) bond motifs is 4. The SMILES string of the molecule is CN(Cc1cnc(CF)c2cn[nH]c12)C(=O)c1ccc(-c2cc(F)cc(C#N)c2)c(OC2CC2)c1.CN(Cc1cnc(CF)c2cn[nH]c12)C(=O)c1ccc(-c2cc(F)cc(C#N)c2)c(OC2CC2)n1.CN(Cc1cnc(CF)c2cn[nH]c12)C(=O)c1cnc(-c2cc(F)cc(C#N)c2)c(OC2CC2)c1.COc1ncc2cn[nH]c2c1CN(C)C(=O)c1ccc(-c2cccc(C#N)c2)c(OC2CC2)n1. The predicted molar refractivity (Wildman–Crippen MR) is 494 cm³/mol. The van der Waals surface area contributed by atoms with E-state index in [2.05, 4.69) is 81.7 Å². The fourth-order valence-electron chi connectivity index (χ4n) is 15.4. The third-order valence-electron chi connectivity index (χ3n) is 23.1. The van der Waals surface area contributed by atoms with Crippen molar-refractivity contribution >= 4 is 67.2 Å². The molecular formula is C101H83F6N23O9. The van der Waals surface area contributed by atoms with Crippen molar-refractivity contribution < 1.29 is 69.2 Å². The molecule has 0 spiro atoms. The van der Waals surface area contributed by atoms with E-state index in [1.54, 1.807) is 126 Å². The van der Waals surface area contributed by atoms with E-state index < -0.39 is 37.5 Å². The highest BCUT2D eigenvalue weighted by atomic mass is 19.1. The first-order chi connectivity index (χ1) is 67.5. The molecule has 0 atom stereocenters. The van der Waals surface area contributed by atoms with Crippen LogP contribution in [0.2, 0.25) is 0 Å². The number of pyridine rings is 7. The molecule has 38 heteroatoms. The zero-order valence-electron chi connectivity index (χ0n) is 75.2. The Morgan fingerprint density at radius 1 is 0.381 bits per heavy atom. The molecule has 698 valence electrons. The second-order valence-electron chi connectivity index (χ2n) is 33.5. The number of ether oxygens (including phenoxy) is 5. The molecule has 4 N–H and O–H groups in total. The van der Waals surface area contributed by atoms with Gasteiger partial charge in [-0.2, -0.15) is 41.4 Å². The van der Waals surface area contributed by atoms with Crippen molar-refractivity contribution in [3.05, 3.63) is 285 Å². The number of halogens is 6. The maximum atomic E-state index is 14.1. The van der Waals surface area contributed by atoms with E-state index in [1.807, 2.05) is 36.4 Å². The monoisotopic (exact) mass is 1880 g/mol. The molecule has 4 aliphatic rings. The van der Waals surface area contributed by atoms with Gasteiger partial charge in [-0.1, -0.05) is 12.1 Å². The Kier molecular flexibility index (Phi) is 27.6. The molecular weight excluding hydrogens is 1790 g/mol. The van der Waals surface area contributed by atoms with E-state index in [0.29, 0.717) is 123 Å². The van der Waals surface area contributed by atoms with Crippen molar-refractivity contribution in [2.45, 2.75) is 122 Å². The molecule has 5 aromatic carbocycles. The number of nitriles is 4. The van der Waals surface area contributed by atoms with Crippen LogP contribution in [0.15, 0.2) is 183 Å². The van der Waals surface area contributed by atoms with Crippen LogP contribution < -0.4 is 23.7 Å². The lowest BCUT2D eigenvalue weighted by atomic mass is 10.00. The van der Waals surface area contributed by atoms with Gasteiger partial charge in [0, 0.05) is 145 Å². The van der Waals surface area contributed by atoms with Gasteiger partial charge in [0.15, 0.2) is 0 Å². The second-order valence-corrected chi connectivity index (χ2v) is 33.5. The minimum Gasteiger partial charge on any atom is -0.490 e. The third-order valence-corrected chi connectivity index (χ3v) is 23.1. The van der Waals surface area contributed by atoms with Gasteiger partial charge in [0.2, 0.25) is 17.6 Å². The van der Waals surface area contributed by atoms with E-state index in [0.717, 1.165) is 91.1 Å². The fraction of sp³-hybridized carbons (Fsp3) is 0.238. The highest BCUT2D eigenvalue weighted by Gasteiger charge is 2.33. The smallest absolute Gasteiger partial charge is 0.272 e. The van der Waals surface area contributed by atoms with Gasteiger partial charge in [-0.3, -0.25) is 59.5 Å². The summed E-state index contributed by atoms with van der Waals surface area (Å²) in [5.74, 6) is -0.975. The van der Waals surface area contributed by atoms with Crippen LogP contribution in [0.5, 0.6) is 29.1 Å². The van der Waals surface area contributed by atoms with Crippen LogP contribution in [0.3, 0.4) is 0 Å². The summed E-state index contributed by atoms with van der Waals surface area (Å²) >= 11 is 0. The average Bonchev–Trinajstić information content (AvgIpc) is 1.73. The Balaban J connectivity index is 0.000000128. The molecule has 11 heterocycles. The number of amides is 4. The molecule has 4 fully saturated rings. The molecule has 11 aromatic heterocycles. The summed E-state index contributed by atoms with van der Waals surface area (Å²) in [6.45, 7) is -1.27. The minimum absolute atomic E-state index is 0.0105. The Morgan fingerprint density at radius 3 is 1.26 bits per heavy atom. The first kappa shape index (κ1) is 93.3. The molecule has 32 nitrogen and oxygen atoms in total. The molecule has 0 aliphatic heterocycles. The van der Waals surface area contributed by atoms with Crippen LogP contribution in [0.4, 0.5) is 26.3 Å². The first-order valence-electron chi connectivity index (χ1n) is 43.9. The molecule has 0 saturated heterocycles. The molecule has 0 radical (unpaired) electrons. The van der Waals surface area contributed by atoms with E-state index in [-0.39, 0.29) is 125 Å². The van der Waals surface area contributed by atoms with Gasteiger partial charge in [-0.15, -0.1) is 0 Å². The lowest BCUT2D eigenvalue weighted by molar-refractivity contribution is 0.0771. The number of H-pyrrole nitrogens is 4. The maximum Gasteiger partial charge on any atom is 0.272 e. The number of carbonyl (C=O) groups excluding carboxylic acids is 4. The van der Waals surface area contributed by atoms with Crippen LogP contribution >= 0.6 is 0 Å². The molecule has 139 heavy (non-hydrogen) atoms. The van der Waals surface area contributed by atoms with Crippen LogP contribution in [0.25, 0.3) is 88.2 Å². The van der Waals surface area contributed by atoms with Crippen LogP contribution in [-0.2, 0) is 46.2 Å². The van der Waals surface area contributed by atoms with Gasteiger partial charge >= 0.3 is 0 Å². The molecule has 4 aliphatic carbocycles. The largest absolute Gasteiger partial charge is 0.490 e. The number of methoxy groups -OCH3 is 1. The van der Waals surface area contributed by atoms with E-state index in [4.69, 9.17) is 23.7 Å². The number of nitrogens with zero attached hydrogens (tertiary/aromatic N) is 19. The van der Waals surface area contributed by atoms with E-state index >= 15 is 0 Å². The molecule has 20 rings (SSSR count). The van der Waals surface area contributed by atoms with Crippen molar-refractivity contribution in [2.24, 2.45) is 0 Å². The summed E-state index contributed by atoms with van der Waals surface area (Å²) in [5.41, 5.74) is 12.9. The zero-order chi connectivity index (χ0) is 97.2. The number of aromatic nitrogens is 15. The normalized spacial score (nSPS) is 12.9. The molecule has 0 unspecified atom stereocenters. The van der Waals surface area contributed by atoms with Crippen molar-refractivity contribution in [1.82, 2.24) is 95.3 Å². The highest BCUT2D eigenvalue weighted by molar-refractivity contribution is 5.98. The van der Waals surface area contributed by atoms with Crippen molar-refractivity contribution in [2.75, 3.05) is 35.3 Å². The summed E-state index contributed by atoms with van der Waals surface area (Å²) in [6, 6.07) is 40.6. The van der Waals surface area contributed by atoms with E-state index in [1.165, 1.54) is 82.2 Å². The lowest BCUT2D eigenvalue weighted by Crippen LogP contribution is -2.27. The fourth-order valence-corrected chi connectivity index (χ4v) is 15.4. The van der Waals surface area contributed by atoms with Crippen molar-refractivity contribution in [3.8, 4) is 98.1 Å². The molecule has 4 saturated carbocycles. The van der Waals surface area contributed by atoms with Crippen LogP contribution in [0.1, 0.15) is 155 Å². The lowest BCUT2D eigenvalue weighted by Gasteiger charge is -2.19. The van der Waals surface area contributed by atoms with Gasteiger partial charge in [0.25, 0.3) is 23.6 Å². The summed E-state index contributed by atoms with van der Waals surface area (Å²) in [7, 11) is 8.16. The van der Waals surface area contributed by atoms with Crippen LogP contribution in [-0.4, -0.2) is 179 Å². The predicted octanol–water partition coefficient (Wildman–Crippen LogP) is 17.3. The Morgan fingerprint density at radius 2 is 0.784 bits per heavy atom. The van der Waals surface area contributed by atoms with E-state index in [9.17, 15) is 66.6 Å². The van der Waals surface area contributed by atoms with Crippen LogP contribution in [0, 0.1) is 62.8 Å². The van der Waals surface area contributed by atoms with Crippen molar-refractivity contribution in [1.29, 1.82) is 21.0 Å². The summed E-state index contributed by atoms with van der Waals surface area (Å²) < 4.78 is 111. The highest BCUT2D eigenvalue weighted by Crippen LogP contribution is 2.42. The minimum atomic E-state index is -0.716. The Labute approximate surface area is 788 Å². The molecule has 16 aromatic rings. The first-order valence-corrected chi connectivity index (χ1v) is 43.9. The Hall–Kier alpha value is -17.6. The van der Waals surface area contributed by atoms with Gasteiger partial charge in [-0.05, 0) is 183 Å². The quantitative estimate of drug-likeness (QED) is 0.0331. The van der Waals surface area contributed by atoms with Gasteiger partial charge in [0.1, 0.15) is 78.3 Å². The second kappa shape index (κ2) is 41.1. The number of rotatable bonds is 28. The Bertz CT molecular complexity index is 7090. The van der Waals surface area contributed by atoms with Gasteiger partial charge < -0.3 is 43.3 Å². The summed E-state index contributed by atoms with van der Waals surface area (Å²) in [5, 5.41) is 66.9. The van der Waals surface area contributed by atoms with Gasteiger partial charge in [0.05, 0.1) is 147 Å². The topological polar surface area (TPSA) is 428 Å². The number of carbonyl (C=O) groups is 4. The maximum absolute atomic E-state index is 14.1. The number of nitrogens with one attached hydrogen (secondary N) is 4. The van der Waals surface area contributed by atoms with Crippen molar-refractivity contribution in [3.63, 3.8) is 0 Å². The summed E-state index contributed by atoms with van der Waals surface area (Å²) in [6.07, 6.45) is 21.3. The average molecular weight is 1880 g/mol. The summed E-state index contributed by atoms with van der Waals surface area (Å²) in [4.78, 5) is 89.2. The number of aromatic amines is 4. The molecule has 4 amide bonds.